The van der Waals surface area contributed by atoms with Gasteiger partial charge in [-0.25, -0.2) is 4.79 Å². The summed E-state index contributed by atoms with van der Waals surface area (Å²) in [6.45, 7) is 2.67. The predicted octanol–water partition coefficient (Wildman–Crippen LogP) is 0.321. The van der Waals surface area contributed by atoms with Gasteiger partial charge in [-0.1, -0.05) is 0 Å². The largest absolute Gasteiger partial charge is 0.479 e. The van der Waals surface area contributed by atoms with Crippen LogP contribution in [-0.4, -0.2) is 57.9 Å². The maximum atomic E-state index is 12.3. The summed E-state index contributed by atoms with van der Waals surface area (Å²) >= 11 is 1.55. The van der Waals surface area contributed by atoms with Crippen molar-refractivity contribution in [2.24, 2.45) is 5.92 Å². The van der Waals surface area contributed by atoms with Gasteiger partial charge in [-0.05, 0) is 25.0 Å². The number of amides is 2. The Bertz CT molecular complexity index is 413. The monoisotopic (exact) mass is 300 g/mol. The third-order valence-corrected chi connectivity index (χ3v) is 5.29. The molecule has 2 amide bonds. The van der Waals surface area contributed by atoms with Gasteiger partial charge in [0.1, 0.15) is 5.54 Å². The molecule has 0 aliphatic carbocycles. The van der Waals surface area contributed by atoms with Crippen LogP contribution in [-0.2, 0) is 14.4 Å². The quantitative estimate of drug-likeness (QED) is 0.784. The molecular formula is C13H20N2O4S. The number of nitrogens with zero attached hydrogens (tertiary/aromatic N) is 1. The van der Waals surface area contributed by atoms with E-state index >= 15 is 0 Å². The zero-order chi connectivity index (χ0) is 14.8. The lowest BCUT2D eigenvalue weighted by atomic mass is 9.92. The van der Waals surface area contributed by atoms with Crippen molar-refractivity contribution in [3.8, 4) is 0 Å². The van der Waals surface area contributed by atoms with Gasteiger partial charge >= 0.3 is 5.97 Å². The Labute approximate surface area is 122 Å². The topological polar surface area (TPSA) is 86.7 Å². The molecule has 2 rings (SSSR count). The maximum Gasteiger partial charge on any atom is 0.330 e. The van der Waals surface area contributed by atoms with E-state index in [0.717, 1.165) is 5.75 Å². The summed E-state index contributed by atoms with van der Waals surface area (Å²) in [4.78, 5) is 36.6. The van der Waals surface area contributed by atoms with Crippen LogP contribution in [0.1, 0.15) is 26.2 Å². The minimum atomic E-state index is -1.10. The zero-order valence-corrected chi connectivity index (χ0v) is 12.4. The summed E-state index contributed by atoms with van der Waals surface area (Å²) in [6.07, 6.45) is 1.69. The zero-order valence-electron chi connectivity index (χ0n) is 11.6. The number of likely N-dealkylation sites (tertiary alicyclic amines) is 1. The van der Waals surface area contributed by atoms with Crippen molar-refractivity contribution in [3.05, 3.63) is 0 Å². The number of carbonyl (C=O) groups is 3. The van der Waals surface area contributed by atoms with E-state index in [-0.39, 0.29) is 17.7 Å². The first-order valence-corrected chi connectivity index (χ1v) is 7.99. The molecule has 2 aliphatic rings. The predicted molar refractivity (Wildman–Crippen MR) is 75.4 cm³/mol. The molecule has 2 N–H and O–H groups in total. The van der Waals surface area contributed by atoms with Gasteiger partial charge in [0.15, 0.2) is 0 Å². The van der Waals surface area contributed by atoms with Crippen LogP contribution in [0.4, 0.5) is 0 Å². The van der Waals surface area contributed by atoms with Crippen molar-refractivity contribution in [2.75, 3.05) is 24.6 Å². The van der Waals surface area contributed by atoms with Gasteiger partial charge in [-0.2, -0.15) is 11.8 Å². The lowest BCUT2D eigenvalue weighted by Gasteiger charge is -2.33. The number of nitrogens with one attached hydrogen (secondary N) is 1. The fourth-order valence-electron chi connectivity index (χ4n) is 2.68. The van der Waals surface area contributed by atoms with E-state index in [1.807, 2.05) is 0 Å². The SMILES string of the molecule is CC(=O)N1CCC(C(=O)NC2(C(=O)O)CCSC2)CC1. The normalized spacial score (nSPS) is 27.4. The Morgan fingerprint density at radius 1 is 1.30 bits per heavy atom. The van der Waals surface area contributed by atoms with E-state index in [2.05, 4.69) is 5.32 Å². The van der Waals surface area contributed by atoms with E-state index < -0.39 is 11.5 Å². The lowest BCUT2D eigenvalue weighted by Crippen LogP contribution is -2.57. The fourth-order valence-corrected chi connectivity index (χ4v) is 4.01. The van der Waals surface area contributed by atoms with Crippen LogP contribution >= 0.6 is 11.8 Å². The number of carbonyl (C=O) groups excluding carboxylic acids is 2. The molecule has 112 valence electrons. The molecule has 0 aromatic rings. The second-order valence-electron chi connectivity index (χ2n) is 5.46. The van der Waals surface area contributed by atoms with Gasteiger partial charge in [-0.15, -0.1) is 0 Å². The Balaban J connectivity index is 1.92. The Morgan fingerprint density at radius 2 is 1.95 bits per heavy atom. The number of aliphatic carboxylic acids is 1. The number of piperidine rings is 1. The Kier molecular flexibility index (Phi) is 4.57. The van der Waals surface area contributed by atoms with Gasteiger partial charge < -0.3 is 15.3 Å². The first-order chi connectivity index (χ1) is 9.44. The van der Waals surface area contributed by atoms with Crippen LogP contribution in [0.25, 0.3) is 0 Å². The molecule has 20 heavy (non-hydrogen) atoms. The van der Waals surface area contributed by atoms with Crippen LogP contribution in [0, 0.1) is 5.92 Å². The second-order valence-corrected chi connectivity index (χ2v) is 6.56. The van der Waals surface area contributed by atoms with Gasteiger partial charge in [-0.3, -0.25) is 9.59 Å². The molecule has 0 spiro atoms. The molecule has 0 saturated carbocycles. The molecular weight excluding hydrogens is 280 g/mol. The summed E-state index contributed by atoms with van der Waals surface area (Å²) in [5.74, 6) is -0.101. The third kappa shape index (κ3) is 3.08. The molecule has 0 aromatic heterocycles. The van der Waals surface area contributed by atoms with E-state index in [9.17, 15) is 19.5 Å². The van der Waals surface area contributed by atoms with Gasteiger partial charge in [0, 0.05) is 31.7 Å². The van der Waals surface area contributed by atoms with E-state index in [1.165, 1.54) is 6.92 Å². The van der Waals surface area contributed by atoms with Crippen molar-refractivity contribution < 1.29 is 19.5 Å². The van der Waals surface area contributed by atoms with Gasteiger partial charge in [0.05, 0.1) is 0 Å². The first kappa shape index (κ1) is 15.2. The fraction of sp³-hybridized carbons (Fsp3) is 0.769. The lowest BCUT2D eigenvalue weighted by molar-refractivity contribution is -0.147. The highest BCUT2D eigenvalue weighted by Gasteiger charge is 2.44. The molecule has 7 heteroatoms. The summed E-state index contributed by atoms with van der Waals surface area (Å²) in [7, 11) is 0. The van der Waals surface area contributed by atoms with Crippen LogP contribution in [0.15, 0.2) is 0 Å². The van der Waals surface area contributed by atoms with Gasteiger partial charge in [0.25, 0.3) is 0 Å². The van der Waals surface area contributed by atoms with Crippen molar-refractivity contribution in [1.29, 1.82) is 0 Å². The summed E-state index contributed by atoms with van der Waals surface area (Å²) in [6, 6.07) is 0. The molecule has 0 aromatic carbocycles. The van der Waals surface area contributed by atoms with Crippen LogP contribution in [0.3, 0.4) is 0 Å². The van der Waals surface area contributed by atoms with Crippen molar-refractivity contribution in [3.63, 3.8) is 0 Å². The molecule has 6 nitrogen and oxygen atoms in total. The molecule has 2 heterocycles. The number of carboxylic acids is 1. The van der Waals surface area contributed by atoms with Crippen LogP contribution in [0.5, 0.6) is 0 Å². The second kappa shape index (κ2) is 6.03. The van der Waals surface area contributed by atoms with E-state index in [1.54, 1.807) is 16.7 Å². The first-order valence-electron chi connectivity index (χ1n) is 6.83. The van der Waals surface area contributed by atoms with Crippen molar-refractivity contribution in [2.45, 2.75) is 31.7 Å². The van der Waals surface area contributed by atoms with E-state index in [0.29, 0.717) is 38.1 Å². The molecule has 1 unspecified atom stereocenters. The highest BCUT2D eigenvalue weighted by Crippen LogP contribution is 2.29. The Morgan fingerprint density at radius 3 is 2.40 bits per heavy atom. The van der Waals surface area contributed by atoms with Crippen molar-refractivity contribution >= 4 is 29.5 Å². The van der Waals surface area contributed by atoms with Gasteiger partial charge in [0.2, 0.25) is 11.8 Å². The van der Waals surface area contributed by atoms with E-state index in [4.69, 9.17) is 0 Å². The molecule has 2 fully saturated rings. The molecule has 2 aliphatic heterocycles. The number of hydrogen-bond donors (Lipinski definition) is 2. The Hall–Kier alpha value is -1.24. The van der Waals surface area contributed by atoms with Crippen molar-refractivity contribution in [1.82, 2.24) is 10.2 Å². The molecule has 0 bridgehead atoms. The minimum absolute atomic E-state index is 0.0260. The average molecular weight is 300 g/mol. The highest BCUT2D eigenvalue weighted by molar-refractivity contribution is 7.99. The summed E-state index contributed by atoms with van der Waals surface area (Å²) < 4.78 is 0. The number of rotatable bonds is 3. The molecule has 1 atom stereocenters. The maximum absolute atomic E-state index is 12.3. The molecule has 0 radical (unpaired) electrons. The summed E-state index contributed by atoms with van der Waals surface area (Å²) in [5.41, 5.74) is -1.10. The average Bonchev–Trinajstić information content (AvgIpc) is 2.88. The number of hydrogen-bond acceptors (Lipinski definition) is 4. The molecule has 2 saturated heterocycles. The standard InChI is InChI=1S/C13H20N2O4S/c1-9(16)15-5-2-10(3-6-15)11(17)14-13(12(18)19)4-7-20-8-13/h10H,2-8H2,1H3,(H,14,17)(H,18,19). The van der Waals surface area contributed by atoms with Crippen LogP contribution in [0.2, 0.25) is 0 Å². The minimum Gasteiger partial charge on any atom is -0.479 e. The number of thioether (sulfide) groups is 1. The summed E-state index contributed by atoms with van der Waals surface area (Å²) in [5, 5.41) is 12.1. The third-order valence-electron chi connectivity index (χ3n) is 4.10. The number of carboxylic acid groups (broad SMARTS) is 1. The smallest absolute Gasteiger partial charge is 0.330 e. The highest BCUT2D eigenvalue weighted by atomic mass is 32.2. The van der Waals surface area contributed by atoms with Crippen LogP contribution < -0.4 is 5.32 Å².